The minimum atomic E-state index is -0.800. The van der Waals surface area contributed by atoms with Gasteiger partial charge >= 0.3 is 0 Å². The summed E-state index contributed by atoms with van der Waals surface area (Å²) in [6.07, 6.45) is 4.83. The van der Waals surface area contributed by atoms with Crippen molar-refractivity contribution in [2.75, 3.05) is 6.54 Å². The van der Waals surface area contributed by atoms with Gasteiger partial charge in [0.15, 0.2) is 5.65 Å². The maximum atomic E-state index is 14.7. The molecule has 2 amide bonds. The lowest BCUT2D eigenvalue weighted by molar-refractivity contribution is 0.0689. The standard InChI is InChI=1S/C23H26FN5O3/c1-3-16-12-20(23(31)28-10-6-4-5-7-14(28)2)25-21-13-19(26-29(16)21)17-9-8-15(11-18(17)24)22(30)27-32/h8-9,11-14,32H,3-7,10H2,1-2H3,(H,27,30). The van der Waals surface area contributed by atoms with Gasteiger partial charge in [-0.05, 0) is 50.5 Å². The number of hydroxylamine groups is 1. The number of carbonyl (C=O) groups is 2. The molecule has 9 heteroatoms. The van der Waals surface area contributed by atoms with Gasteiger partial charge in [0.1, 0.15) is 11.5 Å². The number of aromatic nitrogens is 3. The molecule has 3 heterocycles. The van der Waals surface area contributed by atoms with E-state index >= 15 is 0 Å². The number of nitrogens with one attached hydrogen (secondary N) is 1. The van der Waals surface area contributed by atoms with Gasteiger partial charge < -0.3 is 4.90 Å². The van der Waals surface area contributed by atoms with E-state index in [1.54, 1.807) is 16.6 Å². The molecule has 8 nitrogen and oxygen atoms in total. The van der Waals surface area contributed by atoms with Crippen LogP contribution in [0.3, 0.4) is 0 Å². The molecule has 0 aliphatic carbocycles. The van der Waals surface area contributed by atoms with Crippen LogP contribution < -0.4 is 5.48 Å². The number of amides is 2. The van der Waals surface area contributed by atoms with E-state index in [0.717, 1.165) is 44.0 Å². The highest BCUT2D eigenvalue weighted by molar-refractivity contribution is 5.94. The SMILES string of the molecule is CCc1cc(C(=O)N2CCCCCC2C)nc2cc(-c3ccc(C(=O)NO)cc3F)nn12. The zero-order valence-corrected chi connectivity index (χ0v) is 18.1. The highest BCUT2D eigenvalue weighted by Gasteiger charge is 2.25. The Morgan fingerprint density at radius 2 is 2.03 bits per heavy atom. The van der Waals surface area contributed by atoms with Crippen LogP contribution in [-0.4, -0.2) is 49.1 Å². The van der Waals surface area contributed by atoms with E-state index in [-0.39, 0.29) is 23.1 Å². The fraction of sp³-hybridized carbons (Fsp3) is 0.391. The minimum absolute atomic E-state index is 0.00987. The first-order valence-electron chi connectivity index (χ1n) is 10.9. The van der Waals surface area contributed by atoms with Crippen molar-refractivity contribution >= 4 is 17.5 Å². The van der Waals surface area contributed by atoms with Crippen LogP contribution in [0.5, 0.6) is 0 Å². The number of fused-ring (bicyclic) bond motifs is 1. The highest BCUT2D eigenvalue weighted by Crippen LogP contribution is 2.25. The van der Waals surface area contributed by atoms with Crippen molar-refractivity contribution in [3.8, 4) is 11.3 Å². The van der Waals surface area contributed by atoms with Crippen molar-refractivity contribution in [1.82, 2.24) is 25.0 Å². The normalized spacial score (nSPS) is 16.8. The van der Waals surface area contributed by atoms with Gasteiger partial charge in [-0.2, -0.15) is 5.10 Å². The fourth-order valence-corrected chi connectivity index (χ4v) is 4.18. The van der Waals surface area contributed by atoms with Gasteiger partial charge in [-0.1, -0.05) is 19.8 Å². The molecule has 1 unspecified atom stereocenters. The molecule has 1 atom stereocenters. The van der Waals surface area contributed by atoms with Crippen LogP contribution in [0.1, 0.15) is 66.1 Å². The molecule has 1 saturated heterocycles. The first-order valence-corrected chi connectivity index (χ1v) is 10.9. The fourth-order valence-electron chi connectivity index (χ4n) is 4.18. The Morgan fingerprint density at radius 3 is 2.75 bits per heavy atom. The number of hydrogen-bond acceptors (Lipinski definition) is 5. The third kappa shape index (κ3) is 4.08. The van der Waals surface area contributed by atoms with Gasteiger partial charge in [0, 0.05) is 35.5 Å². The quantitative estimate of drug-likeness (QED) is 0.478. The van der Waals surface area contributed by atoms with Gasteiger partial charge in [0.25, 0.3) is 11.8 Å². The maximum absolute atomic E-state index is 14.7. The second kappa shape index (κ2) is 9.04. The maximum Gasteiger partial charge on any atom is 0.274 e. The van der Waals surface area contributed by atoms with Crippen LogP contribution in [0.4, 0.5) is 4.39 Å². The van der Waals surface area contributed by atoms with E-state index in [9.17, 15) is 14.0 Å². The van der Waals surface area contributed by atoms with Gasteiger partial charge in [-0.25, -0.2) is 19.4 Å². The van der Waals surface area contributed by atoms with Crippen molar-refractivity contribution in [3.05, 3.63) is 53.1 Å². The Labute approximate surface area is 185 Å². The predicted molar refractivity (Wildman–Crippen MR) is 116 cm³/mol. The van der Waals surface area contributed by atoms with E-state index in [4.69, 9.17) is 5.21 Å². The molecule has 3 aromatic rings. The Morgan fingerprint density at radius 1 is 1.22 bits per heavy atom. The second-order valence-corrected chi connectivity index (χ2v) is 8.12. The summed E-state index contributed by atoms with van der Waals surface area (Å²) in [5, 5.41) is 13.2. The van der Waals surface area contributed by atoms with Crippen LogP contribution >= 0.6 is 0 Å². The van der Waals surface area contributed by atoms with Gasteiger partial charge in [0.05, 0.1) is 5.69 Å². The average molecular weight is 439 g/mol. The summed E-state index contributed by atoms with van der Waals surface area (Å²) in [5.41, 5.74) is 3.63. The first kappa shape index (κ1) is 21.9. The Hall–Kier alpha value is -3.33. The molecule has 0 saturated carbocycles. The third-order valence-electron chi connectivity index (χ3n) is 6.00. The van der Waals surface area contributed by atoms with Crippen molar-refractivity contribution in [3.63, 3.8) is 0 Å². The van der Waals surface area contributed by atoms with Crippen molar-refractivity contribution in [1.29, 1.82) is 0 Å². The molecule has 2 aromatic heterocycles. The van der Waals surface area contributed by atoms with E-state index in [2.05, 4.69) is 17.0 Å². The highest BCUT2D eigenvalue weighted by atomic mass is 19.1. The summed E-state index contributed by atoms with van der Waals surface area (Å²) in [6.45, 7) is 4.75. The van der Waals surface area contributed by atoms with Crippen LogP contribution in [0.2, 0.25) is 0 Å². The summed E-state index contributed by atoms with van der Waals surface area (Å²) in [5.74, 6) is -1.54. The Bertz CT molecular complexity index is 1180. The van der Waals surface area contributed by atoms with E-state index in [1.807, 2.05) is 11.8 Å². The topological polar surface area (TPSA) is 99.8 Å². The molecule has 32 heavy (non-hydrogen) atoms. The predicted octanol–water partition coefficient (Wildman–Crippen LogP) is 3.62. The molecule has 0 radical (unpaired) electrons. The number of hydrogen-bond donors (Lipinski definition) is 2. The molecule has 1 aromatic carbocycles. The van der Waals surface area contributed by atoms with Crippen LogP contribution in [0.25, 0.3) is 16.9 Å². The lowest BCUT2D eigenvalue weighted by Crippen LogP contribution is -2.38. The van der Waals surface area contributed by atoms with Gasteiger partial charge in [-0.3, -0.25) is 14.8 Å². The largest absolute Gasteiger partial charge is 0.335 e. The molecule has 4 rings (SSSR count). The molecule has 1 fully saturated rings. The molecule has 168 valence electrons. The monoisotopic (exact) mass is 439 g/mol. The molecule has 2 N–H and O–H groups in total. The summed E-state index contributed by atoms with van der Waals surface area (Å²) >= 11 is 0. The first-order chi connectivity index (χ1) is 15.4. The number of likely N-dealkylation sites (tertiary alicyclic amines) is 1. The molecule has 0 bridgehead atoms. The Balaban J connectivity index is 1.73. The Kier molecular flexibility index (Phi) is 6.18. The number of benzene rings is 1. The third-order valence-corrected chi connectivity index (χ3v) is 6.00. The summed E-state index contributed by atoms with van der Waals surface area (Å²) in [6, 6.07) is 7.42. The second-order valence-electron chi connectivity index (χ2n) is 8.12. The number of rotatable bonds is 4. The van der Waals surface area contributed by atoms with Crippen molar-refractivity contribution in [2.45, 2.75) is 52.0 Å². The summed E-state index contributed by atoms with van der Waals surface area (Å²) in [4.78, 5) is 31.2. The zero-order valence-electron chi connectivity index (χ0n) is 18.1. The summed E-state index contributed by atoms with van der Waals surface area (Å²) in [7, 11) is 0. The van der Waals surface area contributed by atoms with Gasteiger partial charge in [0.2, 0.25) is 0 Å². The van der Waals surface area contributed by atoms with E-state index < -0.39 is 11.7 Å². The lowest BCUT2D eigenvalue weighted by atomic mass is 10.1. The van der Waals surface area contributed by atoms with Crippen LogP contribution in [0, 0.1) is 5.82 Å². The smallest absolute Gasteiger partial charge is 0.274 e. The van der Waals surface area contributed by atoms with Crippen molar-refractivity contribution < 1.29 is 19.2 Å². The number of aryl methyl sites for hydroxylation is 1. The van der Waals surface area contributed by atoms with E-state index in [1.165, 1.54) is 17.6 Å². The van der Waals surface area contributed by atoms with Crippen molar-refractivity contribution in [2.24, 2.45) is 0 Å². The lowest BCUT2D eigenvalue weighted by Gasteiger charge is -2.27. The molecular weight excluding hydrogens is 413 g/mol. The number of carbonyl (C=O) groups excluding carboxylic acids is 2. The molecule has 1 aliphatic rings. The zero-order chi connectivity index (χ0) is 22.8. The average Bonchev–Trinajstić information content (AvgIpc) is 3.11. The number of nitrogens with zero attached hydrogens (tertiary/aromatic N) is 4. The molecule has 0 spiro atoms. The van der Waals surface area contributed by atoms with Gasteiger partial charge in [-0.15, -0.1) is 0 Å². The summed E-state index contributed by atoms with van der Waals surface area (Å²) < 4.78 is 16.3. The molecule has 1 aliphatic heterocycles. The van der Waals surface area contributed by atoms with Crippen LogP contribution in [0.15, 0.2) is 30.3 Å². The van der Waals surface area contributed by atoms with Crippen LogP contribution in [-0.2, 0) is 6.42 Å². The minimum Gasteiger partial charge on any atom is -0.335 e. The number of halogens is 1. The molecular formula is C23H26FN5O3. The van der Waals surface area contributed by atoms with E-state index in [0.29, 0.717) is 23.5 Å².